The zero-order valence-corrected chi connectivity index (χ0v) is 17.3. The number of anilines is 1. The summed E-state index contributed by atoms with van der Waals surface area (Å²) in [6, 6.07) is 15.8. The molecule has 0 saturated heterocycles. The molecule has 0 saturated carbocycles. The van der Waals surface area contributed by atoms with E-state index in [0.717, 1.165) is 36.5 Å². The Bertz CT molecular complexity index is 878. The topological polar surface area (TPSA) is 56.1 Å². The predicted molar refractivity (Wildman–Crippen MR) is 116 cm³/mol. The highest BCUT2D eigenvalue weighted by atomic mass is 35.5. The Morgan fingerprint density at radius 1 is 1.10 bits per heavy atom. The Morgan fingerprint density at radius 3 is 2.45 bits per heavy atom. The molecule has 152 valence electrons. The number of rotatable bonds is 10. The SMILES string of the molecule is CC(=O)Nc1ccc(CCOC(CCc2ccc(Cl)cc2)Cn2ccnc2)cc1. The Kier molecular flexibility index (Phi) is 7.85. The molecule has 1 atom stereocenters. The van der Waals surface area contributed by atoms with Crippen molar-refractivity contribution >= 4 is 23.2 Å². The first-order valence-corrected chi connectivity index (χ1v) is 10.1. The van der Waals surface area contributed by atoms with E-state index in [1.165, 1.54) is 18.1 Å². The zero-order valence-electron chi connectivity index (χ0n) is 16.6. The van der Waals surface area contributed by atoms with Gasteiger partial charge < -0.3 is 14.6 Å². The van der Waals surface area contributed by atoms with Crippen LogP contribution in [0.5, 0.6) is 0 Å². The van der Waals surface area contributed by atoms with Crippen LogP contribution in [-0.2, 0) is 28.9 Å². The molecular formula is C23H26ClN3O2. The third kappa shape index (κ3) is 7.37. The van der Waals surface area contributed by atoms with Crippen molar-refractivity contribution in [3.05, 3.63) is 83.4 Å². The van der Waals surface area contributed by atoms with Gasteiger partial charge in [-0.3, -0.25) is 4.79 Å². The Hall–Kier alpha value is -2.63. The lowest BCUT2D eigenvalue weighted by Gasteiger charge is -2.19. The number of hydrogen-bond donors (Lipinski definition) is 1. The van der Waals surface area contributed by atoms with Crippen molar-refractivity contribution in [2.75, 3.05) is 11.9 Å². The van der Waals surface area contributed by atoms with E-state index >= 15 is 0 Å². The fourth-order valence-electron chi connectivity index (χ4n) is 3.14. The molecule has 0 bridgehead atoms. The number of benzene rings is 2. The number of carbonyl (C=O) groups excluding carboxylic acids is 1. The molecule has 1 unspecified atom stereocenters. The quantitative estimate of drug-likeness (QED) is 0.523. The highest BCUT2D eigenvalue weighted by molar-refractivity contribution is 6.30. The summed E-state index contributed by atoms with van der Waals surface area (Å²) in [6.07, 6.45) is 8.33. The summed E-state index contributed by atoms with van der Waals surface area (Å²) >= 11 is 5.97. The molecule has 1 heterocycles. The lowest BCUT2D eigenvalue weighted by molar-refractivity contribution is -0.114. The first-order chi connectivity index (χ1) is 14.1. The van der Waals surface area contributed by atoms with Crippen LogP contribution in [0.15, 0.2) is 67.3 Å². The van der Waals surface area contributed by atoms with Crippen molar-refractivity contribution in [2.24, 2.45) is 0 Å². The lowest BCUT2D eigenvalue weighted by atomic mass is 10.1. The maximum Gasteiger partial charge on any atom is 0.221 e. The van der Waals surface area contributed by atoms with Crippen LogP contribution in [0.2, 0.25) is 5.02 Å². The van der Waals surface area contributed by atoms with Gasteiger partial charge in [0.25, 0.3) is 0 Å². The van der Waals surface area contributed by atoms with Crippen molar-refractivity contribution in [3.63, 3.8) is 0 Å². The van der Waals surface area contributed by atoms with Gasteiger partial charge in [0.15, 0.2) is 0 Å². The fourth-order valence-corrected chi connectivity index (χ4v) is 3.26. The van der Waals surface area contributed by atoms with Crippen molar-refractivity contribution in [3.8, 4) is 0 Å². The van der Waals surface area contributed by atoms with E-state index in [0.29, 0.717) is 6.61 Å². The second-order valence-corrected chi connectivity index (χ2v) is 7.48. The van der Waals surface area contributed by atoms with E-state index in [2.05, 4.69) is 27.0 Å². The molecule has 5 nitrogen and oxygen atoms in total. The van der Waals surface area contributed by atoms with Crippen LogP contribution in [0.3, 0.4) is 0 Å². The maximum absolute atomic E-state index is 11.1. The number of nitrogens with one attached hydrogen (secondary N) is 1. The van der Waals surface area contributed by atoms with E-state index < -0.39 is 0 Å². The third-order valence-electron chi connectivity index (χ3n) is 4.66. The molecule has 0 aliphatic heterocycles. The van der Waals surface area contributed by atoms with Crippen LogP contribution in [-0.4, -0.2) is 28.2 Å². The molecular weight excluding hydrogens is 386 g/mol. The number of aromatic nitrogens is 2. The van der Waals surface area contributed by atoms with E-state index in [1.807, 2.05) is 48.9 Å². The molecule has 1 N–H and O–H groups in total. The number of imidazole rings is 1. The van der Waals surface area contributed by atoms with Crippen LogP contribution < -0.4 is 5.32 Å². The van der Waals surface area contributed by atoms with Gasteiger partial charge in [0, 0.05) is 36.6 Å². The molecule has 0 fully saturated rings. The molecule has 1 aromatic heterocycles. The van der Waals surface area contributed by atoms with E-state index in [1.54, 1.807) is 6.20 Å². The predicted octanol–water partition coefficient (Wildman–Crippen LogP) is 4.76. The average molecular weight is 412 g/mol. The summed E-state index contributed by atoms with van der Waals surface area (Å²) in [6.45, 7) is 2.92. The molecule has 0 spiro atoms. The highest BCUT2D eigenvalue weighted by Gasteiger charge is 2.11. The molecule has 1 amide bonds. The molecule has 0 aliphatic rings. The van der Waals surface area contributed by atoms with Crippen molar-refractivity contribution in [2.45, 2.75) is 38.8 Å². The van der Waals surface area contributed by atoms with Gasteiger partial charge in [-0.25, -0.2) is 4.98 Å². The van der Waals surface area contributed by atoms with Crippen LogP contribution in [0.25, 0.3) is 0 Å². The minimum absolute atomic E-state index is 0.0656. The van der Waals surface area contributed by atoms with Gasteiger partial charge in [-0.15, -0.1) is 0 Å². The van der Waals surface area contributed by atoms with Gasteiger partial charge >= 0.3 is 0 Å². The number of nitrogens with zero attached hydrogens (tertiary/aromatic N) is 2. The number of ether oxygens (including phenoxy) is 1. The van der Waals surface area contributed by atoms with Gasteiger partial charge in [0.1, 0.15) is 0 Å². The molecule has 6 heteroatoms. The lowest BCUT2D eigenvalue weighted by Crippen LogP contribution is -2.21. The normalized spacial score (nSPS) is 11.9. The van der Waals surface area contributed by atoms with E-state index in [-0.39, 0.29) is 12.0 Å². The minimum atomic E-state index is -0.0656. The largest absolute Gasteiger partial charge is 0.376 e. The average Bonchev–Trinajstić information content (AvgIpc) is 3.21. The Labute approximate surface area is 176 Å². The molecule has 29 heavy (non-hydrogen) atoms. The summed E-state index contributed by atoms with van der Waals surface area (Å²) in [5.74, 6) is -0.0656. The Morgan fingerprint density at radius 2 is 1.79 bits per heavy atom. The molecule has 0 aliphatic carbocycles. The highest BCUT2D eigenvalue weighted by Crippen LogP contribution is 2.15. The van der Waals surface area contributed by atoms with E-state index in [9.17, 15) is 4.79 Å². The summed E-state index contributed by atoms with van der Waals surface area (Å²) in [7, 11) is 0. The van der Waals surface area contributed by atoms with Gasteiger partial charge in [-0.1, -0.05) is 35.9 Å². The Balaban J connectivity index is 1.52. The van der Waals surface area contributed by atoms with Crippen molar-refractivity contribution in [1.82, 2.24) is 9.55 Å². The van der Waals surface area contributed by atoms with Gasteiger partial charge in [-0.05, 0) is 54.7 Å². The van der Waals surface area contributed by atoms with Crippen LogP contribution in [0.1, 0.15) is 24.5 Å². The molecule has 3 rings (SSSR count). The number of carbonyl (C=O) groups is 1. The number of hydrogen-bond acceptors (Lipinski definition) is 3. The maximum atomic E-state index is 11.1. The number of amides is 1. The van der Waals surface area contributed by atoms with Crippen molar-refractivity contribution in [1.29, 1.82) is 0 Å². The van der Waals surface area contributed by atoms with Crippen LogP contribution in [0.4, 0.5) is 5.69 Å². The monoisotopic (exact) mass is 411 g/mol. The summed E-state index contributed by atoms with van der Waals surface area (Å²) in [5, 5.41) is 3.53. The number of halogens is 1. The van der Waals surface area contributed by atoms with Gasteiger partial charge in [0.05, 0.1) is 19.0 Å². The summed E-state index contributed by atoms with van der Waals surface area (Å²) in [5.41, 5.74) is 3.24. The third-order valence-corrected chi connectivity index (χ3v) is 4.91. The number of aryl methyl sites for hydroxylation is 1. The second-order valence-electron chi connectivity index (χ2n) is 7.05. The van der Waals surface area contributed by atoms with Crippen molar-refractivity contribution < 1.29 is 9.53 Å². The summed E-state index contributed by atoms with van der Waals surface area (Å²) < 4.78 is 8.27. The summed E-state index contributed by atoms with van der Waals surface area (Å²) in [4.78, 5) is 15.2. The molecule has 2 aromatic carbocycles. The van der Waals surface area contributed by atoms with Gasteiger partial charge in [-0.2, -0.15) is 0 Å². The fraction of sp³-hybridized carbons (Fsp3) is 0.304. The van der Waals surface area contributed by atoms with E-state index in [4.69, 9.17) is 16.3 Å². The molecule has 0 radical (unpaired) electrons. The zero-order chi connectivity index (χ0) is 20.5. The smallest absolute Gasteiger partial charge is 0.221 e. The molecule has 3 aromatic rings. The first-order valence-electron chi connectivity index (χ1n) is 9.77. The van der Waals surface area contributed by atoms with Gasteiger partial charge in [0.2, 0.25) is 5.91 Å². The standard InChI is InChI=1S/C23H26ClN3O2/c1-18(28)26-22-9-4-20(5-10-22)12-15-29-23(16-27-14-13-25-17-27)11-6-19-2-7-21(24)8-3-19/h2-5,7-10,13-14,17,23H,6,11-12,15-16H2,1H3,(H,26,28). The van der Waals surface area contributed by atoms with Crippen LogP contribution >= 0.6 is 11.6 Å². The van der Waals surface area contributed by atoms with Crippen LogP contribution in [0, 0.1) is 0 Å². The second kappa shape index (κ2) is 10.8. The first kappa shape index (κ1) is 21.1. The minimum Gasteiger partial charge on any atom is -0.376 e.